The lowest BCUT2D eigenvalue weighted by molar-refractivity contribution is 0.0579. The minimum atomic E-state index is -1.22. The van der Waals surface area contributed by atoms with Gasteiger partial charge in [0.1, 0.15) is 17.1 Å². The molecule has 3 rings (SSSR count). The number of amides is 2. The average Bonchev–Trinajstić information content (AvgIpc) is 3.17. The molecule has 2 amide bonds. The third-order valence-electron chi connectivity index (χ3n) is 4.01. The molecule has 3 heterocycles. The summed E-state index contributed by atoms with van der Waals surface area (Å²) in [5, 5.41) is 20.2. The van der Waals surface area contributed by atoms with Crippen LogP contribution in [0.2, 0.25) is 0 Å². The van der Waals surface area contributed by atoms with Gasteiger partial charge in [0.25, 0.3) is 0 Å². The van der Waals surface area contributed by atoms with Crippen LogP contribution in [0.25, 0.3) is 5.65 Å². The second kappa shape index (κ2) is 6.56. The number of nitrogens with one attached hydrogen (secondary N) is 2. The summed E-state index contributed by atoms with van der Waals surface area (Å²) in [7, 11) is 0. The van der Waals surface area contributed by atoms with Crippen molar-refractivity contribution in [1.82, 2.24) is 25.2 Å². The van der Waals surface area contributed by atoms with Gasteiger partial charge in [0.2, 0.25) is 0 Å². The number of hydrogen-bond donors (Lipinski definition) is 3. The number of furan rings is 1. The third kappa shape index (κ3) is 3.63. The molecule has 8 heteroatoms. The van der Waals surface area contributed by atoms with E-state index in [4.69, 9.17) is 4.42 Å². The topological polar surface area (TPSA) is 105 Å². The lowest BCUT2D eigenvalue weighted by Gasteiger charge is -2.23. The summed E-state index contributed by atoms with van der Waals surface area (Å²) in [5.74, 6) is 1.36. The SMILES string of the molecule is Cc1cc(C(C)(O)CNC(=O)NCc2ccnc3ccnn23)c(C)o1. The molecule has 132 valence electrons. The zero-order valence-corrected chi connectivity index (χ0v) is 14.4. The summed E-state index contributed by atoms with van der Waals surface area (Å²) in [4.78, 5) is 16.2. The maximum absolute atomic E-state index is 12.1. The highest BCUT2D eigenvalue weighted by Crippen LogP contribution is 2.26. The lowest BCUT2D eigenvalue weighted by Crippen LogP contribution is -2.43. The lowest BCUT2D eigenvalue weighted by atomic mass is 9.96. The molecular weight excluding hydrogens is 322 g/mol. The van der Waals surface area contributed by atoms with E-state index in [1.54, 1.807) is 49.0 Å². The van der Waals surface area contributed by atoms with Gasteiger partial charge in [0, 0.05) is 17.8 Å². The number of aryl methyl sites for hydroxylation is 2. The van der Waals surface area contributed by atoms with Gasteiger partial charge in [-0.2, -0.15) is 5.10 Å². The van der Waals surface area contributed by atoms with E-state index in [2.05, 4.69) is 20.7 Å². The summed E-state index contributed by atoms with van der Waals surface area (Å²) in [6, 6.07) is 4.97. The average molecular weight is 343 g/mol. The van der Waals surface area contributed by atoms with Gasteiger partial charge in [-0.3, -0.25) is 0 Å². The first kappa shape index (κ1) is 17.0. The molecule has 0 aliphatic rings. The fourth-order valence-electron chi connectivity index (χ4n) is 2.77. The maximum Gasteiger partial charge on any atom is 0.315 e. The standard InChI is InChI=1S/C17H21N5O3/c1-11-8-14(12(2)25-11)17(3,24)10-20-16(23)19-9-13-4-6-18-15-5-7-21-22(13)15/h4-8,24H,9-10H2,1-3H3,(H2,19,20,23). The van der Waals surface area contributed by atoms with Gasteiger partial charge < -0.3 is 20.2 Å². The van der Waals surface area contributed by atoms with Crippen LogP contribution >= 0.6 is 0 Å². The van der Waals surface area contributed by atoms with E-state index in [1.807, 2.05) is 6.92 Å². The van der Waals surface area contributed by atoms with Crippen LogP contribution in [0, 0.1) is 13.8 Å². The van der Waals surface area contributed by atoms with Crippen molar-refractivity contribution in [1.29, 1.82) is 0 Å². The minimum Gasteiger partial charge on any atom is -0.466 e. The number of nitrogens with zero attached hydrogens (tertiary/aromatic N) is 3. The quantitative estimate of drug-likeness (QED) is 0.653. The summed E-state index contributed by atoms with van der Waals surface area (Å²) < 4.78 is 7.10. The molecule has 25 heavy (non-hydrogen) atoms. The first-order valence-corrected chi connectivity index (χ1v) is 7.96. The smallest absolute Gasteiger partial charge is 0.315 e. The first-order chi connectivity index (χ1) is 11.9. The Hall–Kier alpha value is -2.87. The molecule has 0 aromatic carbocycles. The Morgan fingerprint density at radius 1 is 1.32 bits per heavy atom. The van der Waals surface area contributed by atoms with Crippen molar-refractivity contribution in [2.45, 2.75) is 32.9 Å². The molecule has 1 unspecified atom stereocenters. The van der Waals surface area contributed by atoms with Crippen molar-refractivity contribution >= 4 is 11.7 Å². The molecule has 0 aliphatic carbocycles. The van der Waals surface area contributed by atoms with Gasteiger partial charge in [-0.25, -0.2) is 14.3 Å². The first-order valence-electron chi connectivity index (χ1n) is 7.96. The highest BCUT2D eigenvalue weighted by atomic mass is 16.3. The predicted octanol–water partition coefficient (Wildman–Crippen LogP) is 1.65. The van der Waals surface area contributed by atoms with Gasteiger partial charge in [-0.15, -0.1) is 0 Å². The zero-order valence-electron chi connectivity index (χ0n) is 14.4. The second-order valence-electron chi connectivity index (χ2n) is 6.17. The van der Waals surface area contributed by atoms with Crippen LogP contribution in [0.3, 0.4) is 0 Å². The Morgan fingerprint density at radius 3 is 2.84 bits per heavy atom. The van der Waals surface area contributed by atoms with Crippen LogP contribution in [0.15, 0.2) is 35.0 Å². The number of fused-ring (bicyclic) bond motifs is 1. The highest BCUT2D eigenvalue weighted by Gasteiger charge is 2.28. The van der Waals surface area contributed by atoms with Gasteiger partial charge in [-0.05, 0) is 32.9 Å². The largest absolute Gasteiger partial charge is 0.466 e. The van der Waals surface area contributed by atoms with Crippen LogP contribution in [0.1, 0.15) is 29.7 Å². The van der Waals surface area contributed by atoms with Gasteiger partial charge in [0.05, 0.1) is 25.0 Å². The summed E-state index contributed by atoms with van der Waals surface area (Å²) in [6.07, 6.45) is 3.32. The number of rotatable bonds is 5. The maximum atomic E-state index is 12.1. The van der Waals surface area contributed by atoms with Gasteiger partial charge >= 0.3 is 6.03 Å². The van der Waals surface area contributed by atoms with Crippen molar-refractivity contribution in [3.63, 3.8) is 0 Å². The Bertz CT molecular complexity index is 897. The van der Waals surface area contributed by atoms with Crippen molar-refractivity contribution in [3.8, 4) is 0 Å². The van der Waals surface area contributed by atoms with Crippen LogP contribution in [0.4, 0.5) is 4.79 Å². The van der Waals surface area contributed by atoms with Crippen molar-refractivity contribution in [3.05, 3.63) is 53.4 Å². The van der Waals surface area contributed by atoms with Crippen molar-refractivity contribution in [2.75, 3.05) is 6.54 Å². The molecule has 3 aromatic rings. The van der Waals surface area contributed by atoms with E-state index < -0.39 is 5.60 Å². The van der Waals surface area contributed by atoms with E-state index in [-0.39, 0.29) is 12.6 Å². The Kier molecular flexibility index (Phi) is 4.45. The Balaban J connectivity index is 1.58. The Labute approximate surface area is 144 Å². The summed E-state index contributed by atoms with van der Waals surface area (Å²) in [5.41, 5.74) is 0.967. The van der Waals surface area contributed by atoms with E-state index in [0.717, 1.165) is 11.5 Å². The van der Waals surface area contributed by atoms with Crippen molar-refractivity contribution in [2.24, 2.45) is 0 Å². The number of hydrogen-bond acceptors (Lipinski definition) is 5. The highest BCUT2D eigenvalue weighted by molar-refractivity contribution is 5.73. The van der Waals surface area contributed by atoms with Gasteiger partial charge in [0.15, 0.2) is 5.65 Å². The summed E-state index contributed by atoms with van der Waals surface area (Å²) in [6.45, 7) is 5.60. The van der Waals surface area contributed by atoms with E-state index in [1.165, 1.54) is 0 Å². The van der Waals surface area contributed by atoms with Gasteiger partial charge in [-0.1, -0.05) is 0 Å². The number of carbonyl (C=O) groups excluding carboxylic acids is 1. The minimum absolute atomic E-state index is 0.0617. The molecule has 0 bridgehead atoms. The van der Waals surface area contributed by atoms with E-state index >= 15 is 0 Å². The Morgan fingerprint density at radius 2 is 2.12 bits per heavy atom. The molecular formula is C17H21N5O3. The number of urea groups is 1. The van der Waals surface area contributed by atoms with Crippen LogP contribution in [0.5, 0.6) is 0 Å². The third-order valence-corrected chi connectivity index (χ3v) is 4.01. The predicted molar refractivity (Wildman–Crippen MR) is 91.0 cm³/mol. The second-order valence-corrected chi connectivity index (χ2v) is 6.17. The van der Waals surface area contributed by atoms with E-state index in [0.29, 0.717) is 23.5 Å². The van der Waals surface area contributed by atoms with Crippen LogP contribution in [-0.2, 0) is 12.1 Å². The number of carbonyl (C=O) groups is 1. The molecule has 3 N–H and O–H groups in total. The molecule has 0 fully saturated rings. The molecule has 0 saturated carbocycles. The van der Waals surface area contributed by atoms with Crippen molar-refractivity contribution < 1.29 is 14.3 Å². The number of aromatic nitrogens is 3. The fourth-order valence-corrected chi connectivity index (χ4v) is 2.77. The van der Waals surface area contributed by atoms with E-state index in [9.17, 15) is 9.90 Å². The summed E-state index contributed by atoms with van der Waals surface area (Å²) >= 11 is 0. The molecule has 0 radical (unpaired) electrons. The van der Waals surface area contributed by atoms with Crippen LogP contribution < -0.4 is 10.6 Å². The monoisotopic (exact) mass is 343 g/mol. The van der Waals surface area contributed by atoms with Crippen LogP contribution in [-0.4, -0.2) is 32.3 Å². The molecule has 0 saturated heterocycles. The molecule has 1 atom stereocenters. The normalized spacial score (nSPS) is 13.6. The molecule has 0 aliphatic heterocycles. The molecule has 8 nitrogen and oxygen atoms in total. The number of aliphatic hydroxyl groups is 1. The fraction of sp³-hybridized carbons (Fsp3) is 0.353. The molecule has 0 spiro atoms. The molecule has 3 aromatic heterocycles. The zero-order chi connectivity index (χ0) is 18.0.